The Bertz CT molecular complexity index is 700. The number of hydrazine groups is 1. The van der Waals surface area contributed by atoms with E-state index in [1.807, 2.05) is 30.3 Å². The van der Waals surface area contributed by atoms with Crippen LogP contribution in [-0.2, 0) is 11.3 Å². The molecule has 128 valence electrons. The van der Waals surface area contributed by atoms with Crippen molar-refractivity contribution in [1.29, 1.82) is 0 Å². The van der Waals surface area contributed by atoms with E-state index in [1.165, 1.54) is 0 Å². The first-order valence-electron chi connectivity index (χ1n) is 7.51. The lowest BCUT2D eigenvalue weighted by atomic mass is 10.2. The number of hydrogen-bond acceptors (Lipinski definition) is 3. The van der Waals surface area contributed by atoms with E-state index in [0.29, 0.717) is 22.3 Å². The molecule has 0 radical (unpaired) electrons. The summed E-state index contributed by atoms with van der Waals surface area (Å²) in [6, 6.07) is 14.8. The molecule has 0 saturated carbocycles. The number of rotatable bonds is 4. The highest BCUT2D eigenvalue weighted by Crippen LogP contribution is 2.29. The number of nitrogens with zero attached hydrogens (tertiary/aromatic N) is 1. The number of hydrogen-bond donors (Lipinski definition) is 1. The highest BCUT2D eigenvalue weighted by Gasteiger charge is 2.20. The molecule has 6 heteroatoms. The average molecular weight is 367 g/mol. The average Bonchev–Trinajstić information content (AvgIpc) is 2.48. The number of carbonyl (C=O) groups is 1. The summed E-state index contributed by atoms with van der Waals surface area (Å²) in [5, 5.41) is 2.63. The lowest BCUT2D eigenvalue weighted by Crippen LogP contribution is -2.44. The van der Waals surface area contributed by atoms with Crippen molar-refractivity contribution in [3.8, 4) is 0 Å². The van der Waals surface area contributed by atoms with Gasteiger partial charge in [-0.25, -0.2) is 10.2 Å². The fraction of sp³-hybridized carbons (Fsp3) is 0.278. The van der Waals surface area contributed by atoms with Crippen LogP contribution < -0.4 is 10.4 Å². The highest BCUT2D eigenvalue weighted by atomic mass is 35.5. The van der Waals surface area contributed by atoms with Gasteiger partial charge in [0.1, 0.15) is 5.60 Å². The lowest BCUT2D eigenvalue weighted by molar-refractivity contribution is 0.0520. The van der Waals surface area contributed by atoms with Crippen LogP contribution in [0.5, 0.6) is 0 Å². The summed E-state index contributed by atoms with van der Waals surface area (Å²) in [5.74, 6) is 0. The van der Waals surface area contributed by atoms with Gasteiger partial charge in [-0.15, -0.1) is 0 Å². The first-order valence-corrected chi connectivity index (χ1v) is 8.26. The van der Waals surface area contributed by atoms with Crippen LogP contribution in [0.2, 0.25) is 10.0 Å². The van der Waals surface area contributed by atoms with Crippen LogP contribution >= 0.6 is 23.2 Å². The van der Waals surface area contributed by atoms with Crippen LogP contribution in [0, 0.1) is 0 Å². The van der Waals surface area contributed by atoms with E-state index in [-0.39, 0.29) is 0 Å². The Balaban J connectivity index is 2.27. The summed E-state index contributed by atoms with van der Waals surface area (Å²) >= 11 is 12.4. The molecule has 24 heavy (non-hydrogen) atoms. The van der Waals surface area contributed by atoms with E-state index in [0.717, 1.165) is 5.56 Å². The van der Waals surface area contributed by atoms with Crippen molar-refractivity contribution < 1.29 is 9.53 Å². The molecule has 0 aromatic heterocycles. The van der Waals surface area contributed by atoms with E-state index in [2.05, 4.69) is 5.43 Å². The second-order valence-corrected chi connectivity index (χ2v) is 7.12. The molecule has 0 fully saturated rings. The molecule has 0 unspecified atom stereocenters. The van der Waals surface area contributed by atoms with Crippen molar-refractivity contribution in [1.82, 2.24) is 5.43 Å². The highest BCUT2D eigenvalue weighted by molar-refractivity contribution is 6.35. The molecule has 0 heterocycles. The SMILES string of the molecule is CC(C)(C)OC(=O)NN(Cc1ccccc1)c1cc(Cl)ccc1Cl. The fourth-order valence-electron chi connectivity index (χ4n) is 2.05. The number of anilines is 1. The zero-order valence-electron chi connectivity index (χ0n) is 13.8. The van der Waals surface area contributed by atoms with E-state index in [9.17, 15) is 4.79 Å². The fourth-order valence-corrected chi connectivity index (χ4v) is 2.44. The van der Waals surface area contributed by atoms with Crippen molar-refractivity contribution in [3.63, 3.8) is 0 Å². The standard InChI is InChI=1S/C18H20Cl2N2O2/c1-18(2,3)24-17(23)21-22(12-13-7-5-4-6-8-13)16-11-14(19)9-10-15(16)20/h4-11H,12H2,1-3H3,(H,21,23). The van der Waals surface area contributed by atoms with Crippen LogP contribution in [0.4, 0.5) is 10.5 Å². The monoisotopic (exact) mass is 366 g/mol. The summed E-state index contributed by atoms with van der Waals surface area (Å²) in [5.41, 5.74) is 3.74. The van der Waals surface area contributed by atoms with Gasteiger partial charge in [-0.3, -0.25) is 5.01 Å². The number of halogens is 2. The van der Waals surface area contributed by atoms with Crippen molar-refractivity contribution in [2.45, 2.75) is 32.9 Å². The molecule has 2 rings (SSSR count). The van der Waals surface area contributed by atoms with Crippen LogP contribution in [0.3, 0.4) is 0 Å². The Morgan fingerprint density at radius 1 is 1.12 bits per heavy atom. The summed E-state index contributed by atoms with van der Waals surface area (Å²) in [7, 11) is 0. The van der Waals surface area contributed by atoms with E-state index >= 15 is 0 Å². The molecule has 2 aromatic carbocycles. The van der Waals surface area contributed by atoms with E-state index in [4.69, 9.17) is 27.9 Å². The number of amides is 1. The molecule has 0 spiro atoms. The maximum absolute atomic E-state index is 12.2. The van der Waals surface area contributed by atoms with Gasteiger partial charge in [0.2, 0.25) is 0 Å². The first kappa shape index (κ1) is 18.4. The van der Waals surface area contributed by atoms with Gasteiger partial charge in [0.25, 0.3) is 0 Å². The second-order valence-electron chi connectivity index (χ2n) is 6.28. The minimum atomic E-state index is -0.597. The van der Waals surface area contributed by atoms with Gasteiger partial charge in [0, 0.05) is 5.02 Å². The van der Waals surface area contributed by atoms with Gasteiger partial charge in [0.15, 0.2) is 0 Å². The largest absolute Gasteiger partial charge is 0.443 e. The molecule has 0 aliphatic rings. The third-order valence-electron chi connectivity index (χ3n) is 3.01. The molecular weight excluding hydrogens is 347 g/mol. The summed E-state index contributed by atoms with van der Waals surface area (Å²) < 4.78 is 5.33. The third kappa shape index (κ3) is 5.62. The van der Waals surface area contributed by atoms with Crippen molar-refractivity contribution >= 4 is 35.0 Å². The molecule has 1 amide bonds. The van der Waals surface area contributed by atoms with Crippen molar-refractivity contribution in [2.75, 3.05) is 5.01 Å². The smallest absolute Gasteiger partial charge is 0.426 e. The lowest BCUT2D eigenvalue weighted by Gasteiger charge is -2.28. The minimum Gasteiger partial charge on any atom is -0.443 e. The van der Waals surface area contributed by atoms with Gasteiger partial charge in [-0.05, 0) is 44.5 Å². The summed E-state index contributed by atoms with van der Waals surface area (Å²) in [6.45, 7) is 5.83. The normalized spacial score (nSPS) is 11.0. The molecule has 1 N–H and O–H groups in total. The molecule has 0 saturated heterocycles. The Kier molecular flexibility index (Phi) is 5.97. The number of carbonyl (C=O) groups excluding carboxylic acids is 1. The van der Waals surface area contributed by atoms with Crippen LogP contribution in [0.15, 0.2) is 48.5 Å². The predicted molar refractivity (Wildman–Crippen MR) is 98.5 cm³/mol. The molecule has 2 aromatic rings. The number of nitrogens with one attached hydrogen (secondary N) is 1. The second kappa shape index (κ2) is 7.77. The molecular formula is C18H20Cl2N2O2. The summed E-state index contributed by atoms with van der Waals surface area (Å²) in [6.07, 6.45) is -0.561. The van der Waals surface area contributed by atoms with Crippen LogP contribution in [-0.4, -0.2) is 11.7 Å². The van der Waals surface area contributed by atoms with Crippen LogP contribution in [0.25, 0.3) is 0 Å². The van der Waals surface area contributed by atoms with Gasteiger partial charge in [0.05, 0.1) is 17.3 Å². The van der Waals surface area contributed by atoms with Gasteiger partial charge < -0.3 is 4.74 Å². The Morgan fingerprint density at radius 3 is 2.42 bits per heavy atom. The first-order chi connectivity index (χ1) is 11.2. The summed E-state index contributed by atoms with van der Waals surface area (Å²) in [4.78, 5) is 12.2. The maximum Gasteiger partial charge on any atom is 0.426 e. The quantitative estimate of drug-likeness (QED) is 0.732. The van der Waals surface area contributed by atoms with Gasteiger partial charge in [-0.1, -0.05) is 53.5 Å². The molecule has 0 atom stereocenters. The van der Waals surface area contributed by atoms with E-state index < -0.39 is 11.7 Å². The number of ether oxygens (including phenoxy) is 1. The van der Waals surface area contributed by atoms with Gasteiger partial charge >= 0.3 is 6.09 Å². The zero-order valence-corrected chi connectivity index (χ0v) is 15.4. The Hall–Kier alpha value is -1.91. The topological polar surface area (TPSA) is 41.6 Å². The zero-order chi connectivity index (χ0) is 17.7. The van der Waals surface area contributed by atoms with Gasteiger partial charge in [-0.2, -0.15) is 0 Å². The minimum absolute atomic E-state index is 0.417. The predicted octanol–water partition coefficient (Wildman–Crippen LogP) is 5.44. The van der Waals surface area contributed by atoms with Crippen LogP contribution in [0.1, 0.15) is 26.3 Å². The molecule has 0 bridgehead atoms. The molecule has 0 aliphatic heterocycles. The molecule has 4 nitrogen and oxygen atoms in total. The molecule has 0 aliphatic carbocycles. The maximum atomic E-state index is 12.2. The Labute approximate surface area is 152 Å². The van der Waals surface area contributed by atoms with E-state index in [1.54, 1.807) is 44.0 Å². The third-order valence-corrected chi connectivity index (χ3v) is 3.56. The Morgan fingerprint density at radius 2 is 1.79 bits per heavy atom. The van der Waals surface area contributed by atoms with Crippen molar-refractivity contribution in [2.24, 2.45) is 0 Å². The van der Waals surface area contributed by atoms with Crippen molar-refractivity contribution in [3.05, 3.63) is 64.1 Å². The number of benzene rings is 2.